The fraction of sp³-hybridized carbons (Fsp3) is 0.375. The van der Waals surface area contributed by atoms with Crippen LogP contribution in [0.3, 0.4) is 0 Å². The molecule has 6 nitrogen and oxygen atoms in total. The number of aromatic carboxylic acids is 1. The zero-order valence-electron chi connectivity index (χ0n) is 8.58. The summed E-state index contributed by atoms with van der Waals surface area (Å²) >= 11 is 0. The largest absolute Gasteiger partial charge is 0.477 e. The number of carbonyl (C=O) groups excluding carboxylic acids is 1. The van der Waals surface area contributed by atoms with Gasteiger partial charge in [0.1, 0.15) is 5.69 Å². The molecule has 2 N–H and O–H groups in total. The number of carbonyl (C=O) groups is 2. The van der Waals surface area contributed by atoms with Crippen molar-refractivity contribution in [2.75, 3.05) is 5.32 Å². The van der Waals surface area contributed by atoms with Gasteiger partial charge >= 0.3 is 18.1 Å². The van der Waals surface area contributed by atoms with Crippen LogP contribution in [0.5, 0.6) is 0 Å². The van der Waals surface area contributed by atoms with E-state index >= 15 is 0 Å². The van der Waals surface area contributed by atoms with E-state index in [1.165, 1.54) is 5.32 Å². The summed E-state index contributed by atoms with van der Waals surface area (Å²) in [5.74, 6) is -3.99. The maximum absolute atomic E-state index is 11.9. The number of hydrogen-bond donors (Lipinski definition) is 2. The van der Waals surface area contributed by atoms with E-state index in [0.717, 1.165) is 10.7 Å². The number of nitrogens with one attached hydrogen (secondary N) is 1. The van der Waals surface area contributed by atoms with Crippen molar-refractivity contribution >= 4 is 17.7 Å². The minimum Gasteiger partial charge on any atom is -0.477 e. The van der Waals surface area contributed by atoms with Crippen molar-refractivity contribution in [1.82, 2.24) is 9.78 Å². The minimum atomic E-state index is -5.04. The van der Waals surface area contributed by atoms with Gasteiger partial charge in [-0.2, -0.15) is 18.3 Å². The number of amides is 1. The molecule has 17 heavy (non-hydrogen) atoms. The summed E-state index contributed by atoms with van der Waals surface area (Å²) in [7, 11) is 0. The van der Waals surface area contributed by atoms with Crippen molar-refractivity contribution in [3.8, 4) is 0 Å². The quantitative estimate of drug-likeness (QED) is 0.842. The van der Waals surface area contributed by atoms with Crippen LogP contribution in [-0.4, -0.2) is 32.9 Å². The van der Waals surface area contributed by atoms with E-state index in [0.29, 0.717) is 0 Å². The number of anilines is 1. The van der Waals surface area contributed by atoms with Gasteiger partial charge in [-0.15, -0.1) is 0 Å². The highest BCUT2D eigenvalue weighted by molar-refractivity contribution is 5.95. The molecule has 0 saturated heterocycles. The second-order valence-corrected chi connectivity index (χ2v) is 2.99. The normalized spacial score (nSPS) is 11.3. The molecule has 0 aliphatic heterocycles. The second kappa shape index (κ2) is 4.44. The standard InChI is InChI=1S/C8H8F3N3O3/c1-2-14-4(6(15)16)3-5(13-14)12-7(17)8(9,10)11/h3H,2H2,1H3,(H,15,16)(H,12,13,17). The Morgan fingerprint density at radius 3 is 2.47 bits per heavy atom. The Bertz CT molecular complexity index is 453. The molecule has 1 aromatic rings. The summed E-state index contributed by atoms with van der Waals surface area (Å²) in [6.45, 7) is 1.72. The van der Waals surface area contributed by atoms with Crippen molar-refractivity contribution in [1.29, 1.82) is 0 Å². The molecule has 0 aliphatic carbocycles. The van der Waals surface area contributed by atoms with Crippen LogP contribution in [0.25, 0.3) is 0 Å². The molecule has 1 aromatic heterocycles. The molecule has 1 heterocycles. The first kappa shape index (κ1) is 13.0. The molecule has 0 fully saturated rings. The lowest BCUT2D eigenvalue weighted by atomic mass is 10.4. The summed E-state index contributed by atoms with van der Waals surface area (Å²) in [5.41, 5.74) is -0.301. The van der Waals surface area contributed by atoms with Gasteiger partial charge in [0.25, 0.3) is 0 Å². The Morgan fingerprint density at radius 2 is 2.12 bits per heavy atom. The third kappa shape index (κ3) is 2.95. The number of alkyl halides is 3. The van der Waals surface area contributed by atoms with Crippen molar-refractivity contribution < 1.29 is 27.9 Å². The van der Waals surface area contributed by atoms with Gasteiger partial charge in [-0.05, 0) is 6.92 Å². The SMILES string of the molecule is CCn1nc(NC(=O)C(F)(F)F)cc1C(=O)O. The molecule has 0 unspecified atom stereocenters. The highest BCUT2D eigenvalue weighted by atomic mass is 19.4. The number of carboxylic acid groups (broad SMARTS) is 1. The molecular formula is C8H8F3N3O3. The molecule has 0 spiro atoms. The molecule has 0 aliphatic rings. The fourth-order valence-corrected chi connectivity index (χ4v) is 1.08. The summed E-state index contributed by atoms with van der Waals surface area (Å²) in [5, 5.41) is 13.7. The smallest absolute Gasteiger partial charge is 0.471 e. The zero-order valence-corrected chi connectivity index (χ0v) is 8.58. The predicted molar refractivity (Wildman–Crippen MR) is 49.5 cm³/mol. The molecular weight excluding hydrogens is 243 g/mol. The van der Waals surface area contributed by atoms with Crippen LogP contribution in [-0.2, 0) is 11.3 Å². The Kier molecular flexibility index (Phi) is 3.39. The average molecular weight is 251 g/mol. The first-order valence-electron chi connectivity index (χ1n) is 4.45. The van der Waals surface area contributed by atoms with E-state index in [-0.39, 0.29) is 12.2 Å². The summed E-state index contributed by atoms with van der Waals surface area (Å²) in [6.07, 6.45) is -5.04. The minimum absolute atomic E-state index is 0.156. The van der Waals surface area contributed by atoms with Gasteiger partial charge in [0.15, 0.2) is 5.82 Å². The van der Waals surface area contributed by atoms with Crippen LogP contribution >= 0.6 is 0 Å². The van der Waals surface area contributed by atoms with E-state index in [1.807, 2.05) is 0 Å². The van der Waals surface area contributed by atoms with Crippen LogP contribution in [0.1, 0.15) is 17.4 Å². The highest BCUT2D eigenvalue weighted by Crippen LogP contribution is 2.18. The average Bonchev–Trinajstić information content (AvgIpc) is 2.59. The maximum atomic E-state index is 11.9. The number of aromatic nitrogens is 2. The van der Waals surface area contributed by atoms with Crippen LogP contribution in [0.15, 0.2) is 6.07 Å². The summed E-state index contributed by atoms with van der Waals surface area (Å²) in [4.78, 5) is 21.3. The van der Waals surface area contributed by atoms with Crippen molar-refractivity contribution in [2.24, 2.45) is 0 Å². The van der Waals surface area contributed by atoms with Crippen LogP contribution in [0.4, 0.5) is 19.0 Å². The number of aryl methyl sites for hydroxylation is 1. The van der Waals surface area contributed by atoms with Crippen molar-refractivity contribution in [3.63, 3.8) is 0 Å². The maximum Gasteiger partial charge on any atom is 0.471 e. The molecule has 94 valence electrons. The highest BCUT2D eigenvalue weighted by Gasteiger charge is 2.39. The molecule has 0 atom stereocenters. The molecule has 1 amide bonds. The summed E-state index contributed by atoms with van der Waals surface area (Å²) in [6, 6.07) is 0.857. The molecule has 0 radical (unpaired) electrons. The first-order chi connectivity index (χ1) is 7.75. The second-order valence-electron chi connectivity index (χ2n) is 2.99. The Hall–Kier alpha value is -2.06. The number of halogens is 3. The van der Waals surface area contributed by atoms with Crippen LogP contribution in [0.2, 0.25) is 0 Å². The monoisotopic (exact) mass is 251 g/mol. The Morgan fingerprint density at radius 1 is 1.53 bits per heavy atom. The molecule has 0 aromatic carbocycles. The van der Waals surface area contributed by atoms with Gasteiger partial charge in [-0.1, -0.05) is 0 Å². The van der Waals surface area contributed by atoms with E-state index < -0.39 is 23.9 Å². The van der Waals surface area contributed by atoms with Crippen LogP contribution in [0, 0.1) is 0 Å². The van der Waals surface area contributed by atoms with Gasteiger partial charge in [0.05, 0.1) is 0 Å². The van der Waals surface area contributed by atoms with E-state index in [1.54, 1.807) is 6.92 Å². The van der Waals surface area contributed by atoms with Crippen molar-refractivity contribution in [2.45, 2.75) is 19.6 Å². The lowest BCUT2D eigenvalue weighted by Crippen LogP contribution is -2.30. The van der Waals surface area contributed by atoms with Gasteiger partial charge in [-0.25, -0.2) is 4.79 Å². The van der Waals surface area contributed by atoms with Crippen molar-refractivity contribution in [3.05, 3.63) is 11.8 Å². The van der Waals surface area contributed by atoms with Gasteiger partial charge in [0, 0.05) is 12.6 Å². The predicted octanol–water partition coefficient (Wildman–Crippen LogP) is 1.10. The molecule has 1 rings (SSSR count). The number of hydrogen-bond acceptors (Lipinski definition) is 3. The van der Waals surface area contributed by atoms with E-state index in [9.17, 15) is 22.8 Å². The fourth-order valence-electron chi connectivity index (χ4n) is 1.08. The van der Waals surface area contributed by atoms with Gasteiger partial charge in [-0.3, -0.25) is 9.48 Å². The lowest BCUT2D eigenvalue weighted by Gasteiger charge is -2.04. The molecule has 9 heteroatoms. The molecule has 0 bridgehead atoms. The lowest BCUT2D eigenvalue weighted by molar-refractivity contribution is -0.167. The number of nitrogens with zero attached hydrogens (tertiary/aromatic N) is 2. The Labute approximate surface area is 93.0 Å². The van der Waals surface area contributed by atoms with Crippen LogP contribution < -0.4 is 5.32 Å². The van der Waals surface area contributed by atoms with E-state index in [4.69, 9.17) is 5.11 Å². The zero-order chi connectivity index (χ0) is 13.2. The van der Waals surface area contributed by atoms with Gasteiger partial charge in [0.2, 0.25) is 0 Å². The summed E-state index contributed by atoms with van der Waals surface area (Å²) < 4.78 is 36.7. The topological polar surface area (TPSA) is 84.2 Å². The number of carboxylic acids is 1. The third-order valence-corrected chi connectivity index (χ3v) is 1.80. The number of rotatable bonds is 3. The molecule has 0 saturated carbocycles. The third-order valence-electron chi connectivity index (χ3n) is 1.80. The van der Waals surface area contributed by atoms with Gasteiger partial charge < -0.3 is 10.4 Å². The Balaban J connectivity index is 2.94. The van der Waals surface area contributed by atoms with E-state index in [2.05, 4.69) is 5.10 Å². The first-order valence-corrected chi connectivity index (χ1v) is 4.45.